The van der Waals surface area contributed by atoms with Gasteiger partial charge in [-0.15, -0.1) is 0 Å². The quantitative estimate of drug-likeness (QED) is 0.752. The summed E-state index contributed by atoms with van der Waals surface area (Å²) < 4.78 is 0. The van der Waals surface area contributed by atoms with Crippen molar-refractivity contribution in [2.24, 2.45) is 17.6 Å². The number of nitrogens with zero attached hydrogens (tertiary/aromatic N) is 1. The Morgan fingerprint density at radius 1 is 1.36 bits per heavy atom. The van der Waals surface area contributed by atoms with Crippen molar-refractivity contribution in [3.05, 3.63) is 0 Å². The molecule has 0 saturated carbocycles. The van der Waals surface area contributed by atoms with Crippen molar-refractivity contribution in [2.75, 3.05) is 13.1 Å². The van der Waals surface area contributed by atoms with E-state index in [1.54, 1.807) is 0 Å². The highest BCUT2D eigenvalue weighted by Crippen LogP contribution is 2.26. The Kier molecular flexibility index (Phi) is 4.39. The lowest BCUT2D eigenvalue weighted by Gasteiger charge is -2.42. The zero-order chi connectivity index (χ0) is 10.7. The summed E-state index contributed by atoms with van der Waals surface area (Å²) in [6.07, 6.45) is 2.46. The summed E-state index contributed by atoms with van der Waals surface area (Å²) in [4.78, 5) is 2.58. The van der Waals surface area contributed by atoms with Crippen LogP contribution in [0.15, 0.2) is 0 Å². The van der Waals surface area contributed by atoms with E-state index in [4.69, 9.17) is 5.73 Å². The van der Waals surface area contributed by atoms with E-state index >= 15 is 0 Å². The van der Waals surface area contributed by atoms with E-state index in [0.717, 1.165) is 24.8 Å². The van der Waals surface area contributed by atoms with Crippen LogP contribution < -0.4 is 5.73 Å². The van der Waals surface area contributed by atoms with Crippen molar-refractivity contribution in [1.82, 2.24) is 4.90 Å². The minimum atomic E-state index is 0.356. The predicted molar refractivity (Wildman–Crippen MR) is 62.2 cm³/mol. The lowest BCUT2D eigenvalue weighted by atomic mass is 9.85. The SMILES string of the molecule is CC[C@H](N)CN1CC(C)CC(C)C1C. The second kappa shape index (κ2) is 5.13. The van der Waals surface area contributed by atoms with E-state index in [1.165, 1.54) is 13.0 Å². The zero-order valence-corrected chi connectivity index (χ0v) is 10.2. The molecule has 84 valence electrons. The first-order valence-electron chi connectivity index (χ1n) is 6.04. The molecule has 0 spiro atoms. The first kappa shape index (κ1) is 12.0. The molecular formula is C12H26N2. The number of nitrogens with two attached hydrogens (primary N) is 1. The van der Waals surface area contributed by atoms with Gasteiger partial charge in [-0.1, -0.05) is 20.8 Å². The van der Waals surface area contributed by atoms with Gasteiger partial charge in [-0.25, -0.2) is 0 Å². The fourth-order valence-corrected chi connectivity index (χ4v) is 2.50. The molecule has 0 aromatic rings. The van der Waals surface area contributed by atoms with Crippen molar-refractivity contribution in [3.63, 3.8) is 0 Å². The van der Waals surface area contributed by atoms with E-state index in [9.17, 15) is 0 Å². The fourth-order valence-electron chi connectivity index (χ4n) is 2.50. The second-order valence-electron chi connectivity index (χ2n) is 5.18. The maximum Gasteiger partial charge on any atom is 0.0165 e. The lowest BCUT2D eigenvalue weighted by Crippen LogP contribution is -2.50. The average molecular weight is 198 g/mol. The third-order valence-electron chi connectivity index (χ3n) is 3.71. The number of likely N-dealkylation sites (tertiary alicyclic amines) is 1. The van der Waals surface area contributed by atoms with Gasteiger partial charge in [0.15, 0.2) is 0 Å². The van der Waals surface area contributed by atoms with Gasteiger partial charge in [0.25, 0.3) is 0 Å². The van der Waals surface area contributed by atoms with Crippen molar-refractivity contribution >= 4 is 0 Å². The molecule has 2 nitrogen and oxygen atoms in total. The Labute approximate surface area is 88.8 Å². The van der Waals surface area contributed by atoms with Crippen LogP contribution in [-0.4, -0.2) is 30.1 Å². The fraction of sp³-hybridized carbons (Fsp3) is 1.00. The lowest BCUT2D eigenvalue weighted by molar-refractivity contribution is 0.0739. The molecule has 3 unspecified atom stereocenters. The van der Waals surface area contributed by atoms with Gasteiger partial charge in [0.2, 0.25) is 0 Å². The van der Waals surface area contributed by atoms with Crippen LogP contribution in [0.4, 0.5) is 0 Å². The molecule has 0 aromatic carbocycles. The highest BCUT2D eigenvalue weighted by Gasteiger charge is 2.28. The van der Waals surface area contributed by atoms with E-state index in [-0.39, 0.29) is 0 Å². The molecule has 1 fully saturated rings. The van der Waals surface area contributed by atoms with E-state index in [2.05, 4.69) is 32.6 Å². The van der Waals surface area contributed by atoms with Crippen LogP contribution in [-0.2, 0) is 0 Å². The van der Waals surface area contributed by atoms with Crippen molar-refractivity contribution in [2.45, 2.75) is 52.6 Å². The number of hydrogen-bond acceptors (Lipinski definition) is 2. The smallest absolute Gasteiger partial charge is 0.0165 e. The molecule has 0 amide bonds. The Bertz CT molecular complexity index is 170. The van der Waals surface area contributed by atoms with E-state index in [1.807, 2.05) is 0 Å². The standard InChI is InChI=1S/C12H26N2/c1-5-12(13)8-14-7-9(2)6-10(3)11(14)4/h9-12H,5-8,13H2,1-4H3/t9?,10?,11?,12-/m0/s1. The highest BCUT2D eigenvalue weighted by atomic mass is 15.2. The monoisotopic (exact) mass is 198 g/mol. The Morgan fingerprint density at radius 2 is 2.00 bits per heavy atom. The number of rotatable bonds is 3. The van der Waals surface area contributed by atoms with Crippen LogP contribution in [0.2, 0.25) is 0 Å². The molecule has 14 heavy (non-hydrogen) atoms. The van der Waals surface area contributed by atoms with Gasteiger partial charge < -0.3 is 5.73 Å². The summed E-state index contributed by atoms with van der Waals surface area (Å²) in [7, 11) is 0. The molecule has 1 heterocycles. The van der Waals surface area contributed by atoms with Gasteiger partial charge >= 0.3 is 0 Å². The Hall–Kier alpha value is -0.0800. The summed E-state index contributed by atoms with van der Waals surface area (Å²) in [5.74, 6) is 1.66. The maximum absolute atomic E-state index is 6.02. The largest absolute Gasteiger partial charge is 0.327 e. The topological polar surface area (TPSA) is 29.3 Å². The zero-order valence-electron chi connectivity index (χ0n) is 10.2. The van der Waals surface area contributed by atoms with Gasteiger partial charge in [-0.3, -0.25) is 4.90 Å². The first-order valence-corrected chi connectivity index (χ1v) is 6.04. The Balaban J connectivity index is 2.49. The van der Waals surface area contributed by atoms with Crippen molar-refractivity contribution in [1.29, 1.82) is 0 Å². The number of hydrogen-bond donors (Lipinski definition) is 1. The van der Waals surface area contributed by atoms with Gasteiger partial charge in [0, 0.05) is 25.2 Å². The molecule has 1 saturated heterocycles. The second-order valence-corrected chi connectivity index (χ2v) is 5.18. The highest BCUT2D eigenvalue weighted by molar-refractivity contribution is 4.83. The number of piperidine rings is 1. The van der Waals surface area contributed by atoms with Crippen LogP contribution in [0.1, 0.15) is 40.5 Å². The summed E-state index contributed by atoms with van der Waals surface area (Å²) in [5.41, 5.74) is 6.02. The van der Waals surface area contributed by atoms with Crippen molar-refractivity contribution in [3.8, 4) is 0 Å². The van der Waals surface area contributed by atoms with Gasteiger partial charge in [-0.05, 0) is 31.6 Å². The minimum absolute atomic E-state index is 0.356. The van der Waals surface area contributed by atoms with Crippen LogP contribution >= 0.6 is 0 Å². The summed E-state index contributed by atoms with van der Waals surface area (Å²) in [6.45, 7) is 11.5. The Morgan fingerprint density at radius 3 is 2.57 bits per heavy atom. The summed E-state index contributed by atoms with van der Waals surface area (Å²) >= 11 is 0. The van der Waals surface area contributed by atoms with Gasteiger partial charge in [0.05, 0.1) is 0 Å². The molecule has 0 bridgehead atoms. The van der Waals surface area contributed by atoms with Gasteiger partial charge in [0.1, 0.15) is 0 Å². The molecule has 1 aliphatic rings. The molecule has 2 N–H and O–H groups in total. The van der Waals surface area contributed by atoms with Gasteiger partial charge in [-0.2, -0.15) is 0 Å². The van der Waals surface area contributed by atoms with Crippen molar-refractivity contribution < 1.29 is 0 Å². The van der Waals surface area contributed by atoms with E-state index < -0.39 is 0 Å². The predicted octanol–water partition coefficient (Wildman–Crippen LogP) is 2.09. The van der Waals surface area contributed by atoms with Crippen LogP contribution in [0.5, 0.6) is 0 Å². The summed E-state index contributed by atoms with van der Waals surface area (Å²) in [5, 5.41) is 0. The third-order valence-corrected chi connectivity index (χ3v) is 3.71. The average Bonchev–Trinajstić information content (AvgIpc) is 2.13. The van der Waals surface area contributed by atoms with Crippen LogP contribution in [0, 0.1) is 11.8 Å². The van der Waals surface area contributed by atoms with Crippen LogP contribution in [0.3, 0.4) is 0 Å². The normalized spacial score (nSPS) is 37.1. The molecule has 2 heteroatoms. The van der Waals surface area contributed by atoms with Crippen LogP contribution in [0.25, 0.3) is 0 Å². The molecule has 0 aliphatic carbocycles. The molecule has 1 rings (SSSR count). The molecule has 4 atom stereocenters. The maximum atomic E-state index is 6.02. The minimum Gasteiger partial charge on any atom is -0.327 e. The van der Waals surface area contributed by atoms with E-state index in [0.29, 0.717) is 12.1 Å². The first-order chi connectivity index (χ1) is 6.54. The molecular weight excluding hydrogens is 172 g/mol. The summed E-state index contributed by atoms with van der Waals surface area (Å²) in [6, 6.07) is 1.07. The third kappa shape index (κ3) is 2.96. The molecule has 0 aromatic heterocycles. The molecule has 1 aliphatic heterocycles. The molecule has 0 radical (unpaired) electrons.